The van der Waals surface area contributed by atoms with Crippen LogP contribution in [-0.2, 0) is 0 Å². The lowest BCUT2D eigenvalue weighted by molar-refractivity contribution is 0.0946. The van der Waals surface area contributed by atoms with E-state index in [1.54, 1.807) is 12.1 Å². The number of hydrogen-bond acceptors (Lipinski definition) is 4. The average Bonchev–Trinajstić information content (AvgIpc) is 2.38. The second-order valence-corrected chi connectivity index (χ2v) is 5.20. The predicted molar refractivity (Wildman–Crippen MR) is 77.2 cm³/mol. The van der Waals surface area contributed by atoms with Crippen LogP contribution in [0, 0.1) is 5.92 Å². The van der Waals surface area contributed by atoms with Crippen molar-refractivity contribution in [3.63, 3.8) is 0 Å². The summed E-state index contributed by atoms with van der Waals surface area (Å²) in [6.07, 6.45) is 1.98. The molecule has 0 fully saturated rings. The van der Waals surface area contributed by atoms with Crippen molar-refractivity contribution in [1.29, 1.82) is 0 Å². The van der Waals surface area contributed by atoms with E-state index in [0.29, 0.717) is 30.0 Å². The first-order valence-electron chi connectivity index (χ1n) is 6.91. The third kappa shape index (κ3) is 5.68. The maximum Gasteiger partial charge on any atom is 0.271 e. The maximum absolute atomic E-state index is 11.8. The fraction of sp³-hybridized carbons (Fsp3) is 0.643. The fourth-order valence-electron chi connectivity index (χ4n) is 1.45. The normalized spacial score (nSPS) is 12.3. The summed E-state index contributed by atoms with van der Waals surface area (Å²) in [6.45, 7) is 9.10. The Bertz CT molecular complexity index is 389. The Morgan fingerprint density at radius 3 is 2.53 bits per heavy atom. The zero-order chi connectivity index (χ0) is 14.3. The Kier molecular flexibility index (Phi) is 6.25. The molecule has 1 atom stereocenters. The van der Waals surface area contributed by atoms with Gasteiger partial charge in [0.05, 0.1) is 0 Å². The summed E-state index contributed by atoms with van der Waals surface area (Å²) in [5.74, 6) is 1.12. The van der Waals surface area contributed by atoms with Crippen molar-refractivity contribution in [1.82, 2.24) is 15.5 Å². The topological polar surface area (TPSA) is 66.9 Å². The molecule has 1 aromatic rings. The number of rotatable bonds is 7. The Morgan fingerprint density at radius 1 is 1.26 bits per heavy atom. The summed E-state index contributed by atoms with van der Waals surface area (Å²) >= 11 is 0. The lowest BCUT2D eigenvalue weighted by atomic mass is 10.1. The standard InChI is InChI=1S/C14H24N4O/c1-5-11(4)16-13-7-6-12(17-18-13)14(19)15-9-8-10(2)3/h6-7,10-11H,5,8-9H2,1-4H3,(H,15,19)(H,16,18). The number of carbonyl (C=O) groups is 1. The molecule has 0 aromatic carbocycles. The van der Waals surface area contributed by atoms with Crippen molar-refractivity contribution >= 4 is 11.7 Å². The van der Waals surface area contributed by atoms with E-state index >= 15 is 0 Å². The van der Waals surface area contributed by atoms with Crippen molar-refractivity contribution in [2.45, 2.75) is 46.6 Å². The maximum atomic E-state index is 11.8. The highest BCUT2D eigenvalue weighted by Gasteiger charge is 2.08. The number of amides is 1. The number of anilines is 1. The largest absolute Gasteiger partial charge is 0.366 e. The molecule has 106 valence electrons. The Labute approximate surface area is 115 Å². The van der Waals surface area contributed by atoms with E-state index in [1.807, 2.05) is 0 Å². The van der Waals surface area contributed by atoms with E-state index in [-0.39, 0.29) is 5.91 Å². The molecular weight excluding hydrogens is 240 g/mol. The summed E-state index contributed by atoms with van der Waals surface area (Å²) in [5, 5.41) is 14.0. The predicted octanol–water partition coefficient (Wildman–Crippen LogP) is 2.46. The first kappa shape index (κ1) is 15.4. The lowest BCUT2D eigenvalue weighted by Crippen LogP contribution is -2.26. The molecule has 2 N–H and O–H groups in total. The molecule has 1 aromatic heterocycles. The Morgan fingerprint density at radius 2 is 2.00 bits per heavy atom. The number of aromatic nitrogens is 2. The molecule has 0 aliphatic heterocycles. The zero-order valence-corrected chi connectivity index (χ0v) is 12.2. The summed E-state index contributed by atoms with van der Waals surface area (Å²) in [4.78, 5) is 11.8. The van der Waals surface area contributed by atoms with Gasteiger partial charge in [0.2, 0.25) is 0 Å². The van der Waals surface area contributed by atoms with Gasteiger partial charge >= 0.3 is 0 Å². The van der Waals surface area contributed by atoms with E-state index in [4.69, 9.17) is 0 Å². The van der Waals surface area contributed by atoms with Gasteiger partial charge in [-0.25, -0.2) is 0 Å². The molecule has 0 spiro atoms. The molecule has 0 radical (unpaired) electrons. The Balaban J connectivity index is 2.48. The molecule has 5 nitrogen and oxygen atoms in total. The van der Waals surface area contributed by atoms with Crippen LogP contribution in [0.25, 0.3) is 0 Å². The molecule has 19 heavy (non-hydrogen) atoms. The van der Waals surface area contributed by atoms with Crippen LogP contribution < -0.4 is 10.6 Å². The molecule has 0 aliphatic rings. The quantitative estimate of drug-likeness (QED) is 0.794. The minimum atomic E-state index is -0.164. The minimum absolute atomic E-state index is 0.164. The van der Waals surface area contributed by atoms with Crippen molar-refractivity contribution in [3.05, 3.63) is 17.8 Å². The van der Waals surface area contributed by atoms with Crippen LogP contribution in [-0.4, -0.2) is 28.7 Å². The SMILES string of the molecule is CCC(C)Nc1ccc(C(=O)NCCC(C)C)nn1. The summed E-state index contributed by atoms with van der Waals surface area (Å²) < 4.78 is 0. The minimum Gasteiger partial charge on any atom is -0.366 e. The van der Waals surface area contributed by atoms with E-state index in [9.17, 15) is 4.79 Å². The monoisotopic (exact) mass is 264 g/mol. The van der Waals surface area contributed by atoms with E-state index in [2.05, 4.69) is 48.5 Å². The van der Waals surface area contributed by atoms with Crippen LogP contribution in [0.3, 0.4) is 0 Å². The highest BCUT2D eigenvalue weighted by atomic mass is 16.1. The van der Waals surface area contributed by atoms with Crippen LogP contribution in [0.15, 0.2) is 12.1 Å². The van der Waals surface area contributed by atoms with Crippen molar-refractivity contribution in [2.24, 2.45) is 5.92 Å². The van der Waals surface area contributed by atoms with Gasteiger partial charge in [-0.05, 0) is 37.8 Å². The number of nitrogens with one attached hydrogen (secondary N) is 2. The van der Waals surface area contributed by atoms with Gasteiger partial charge in [0.1, 0.15) is 5.82 Å². The molecule has 5 heteroatoms. The lowest BCUT2D eigenvalue weighted by Gasteiger charge is -2.11. The second kappa shape index (κ2) is 7.71. The molecule has 1 amide bonds. The van der Waals surface area contributed by atoms with E-state index < -0.39 is 0 Å². The third-order valence-corrected chi connectivity index (χ3v) is 2.91. The van der Waals surface area contributed by atoms with E-state index in [0.717, 1.165) is 12.8 Å². The van der Waals surface area contributed by atoms with Crippen LogP contribution in [0.1, 0.15) is 51.0 Å². The summed E-state index contributed by atoms with van der Waals surface area (Å²) in [5.41, 5.74) is 0.360. The van der Waals surface area contributed by atoms with Gasteiger partial charge < -0.3 is 10.6 Å². The first-order valence-corrected chi connectivity index (χ1v) is 6.91. The summed E-state index contributed by atoms with van der Waals surface area (Å²) in [7, 11) is 0. The van der Waals surface area contributed by atoms with Crippen molar-refractivity contribution in [3.8, 4) is 0 Å². The van der Waals surface area contributed by atoms with Gasteiger partial charge in [0.15, 0.2) is 5.69 Å². The van der Waals surface area contributed by atoms with Crippen LogP contribution in [0.5, 0.6) is 0 Å². The zero-order valence-electron chi connectivity index (χ0n) is 12.2. The molecule has 0 aliphatic carbocycles. The molecule has 1 rings (SSSR count). The van der Waals surface area contributed by atoms with Gasteiger partial charge in [0.25, 0.3) is 5.91 Å². The molecule has 0 saturated heterocycles. The van der Waals surface area contributed by atoms with Gasteiger partial charge in [-0.2, -0.15) is 0 Å². The molecular formula is C14H24N4O. The Hall–Kier alpha value is -1.65. The van der Waals surface area contributed by atoms with Gasteiger partial charge in [-0.15, -0.1) is 10.2 Å². The molecule has 1 heterocycles. The van der Waals surface area contributed by atoms with Gasteiger partial charge in [0, 0.05) is 12.6 Å². The molecule has 0 saturated carbocycles. The third-order valence-electron chi connectivity index (χ3n) is 2.91. The smallest absolute Gasteiger partial charge is 0.271 e. The number of carbonyl (C=O) groups excluding carboxylic acids is 1. The summed E-state index contributed by atoms with van der Waals surface area (Å²) in [6, 6.07) is 3.83. The van der Waals surface area contributed by atoms with Crippen LogP contribution >= 0.6 is 0 Å². The second-order valence-electron chi connectivity index (χ2n) is 5.20. The highest BCUT2D eigenvalue weighted by molar-refractivity contribution is 5.92. The number of hydrogen-bond donors (Lipinski definition) is 2. The van der Waals surface area contributed by atoms with Crippen LogP contribution in [0.2, 0.25) is 0 Å². The van der Waals surface area contributed by atoms with Gasteiger partial charge in [-0.3, -0.25) is 4.79 Å². The highest BCUT2D eigenvalue weighted by Crippen LogP contribution is 2.05. The molecule has 1 unspecified atom stereocenters. The fourth-order valence-corrected chi connectivity index (χ4v) is 1.45. The molecule has 0 bridgehead atoms. The van der Waals surface area contributed by atoms with Crippen molar-refractivity contribution in [2.75, 3.05) is 11.9 Å². The van der Waals surface area contributed by atoms with E-state index in [1.165, 1.54) is 0 Å². The van der Waals surface area contributed by atoms with Crippen LogP contribution in [0.4, 0.5) is 5.82 Å². The number of nitrogens with zero attached hydrogens (tertiary/aromatic N) is 2. The first-order chi connectivity index (χ1) is 9.02. The van der Waals surface area contributed by atoms with Crippen molar-refractivity contribution < 1.29 is 4.79 Å². The average molecular weight is 264 g/mol. The van der Waals surface area contributed by atoms with Gasteiger partial charge in [-0.1, -0.05) is 20.8 Å².